The van der Waals surface area contributed by atoms with Gasteiger partial charge in [0, 0.05) is 19.7 Å². The van der Waals surface area contributed by atoms with E-state index in [-0.39, 0.29) is 16.2 Å². The predicted octanol–water partition coefficient (Wildman–Crippen LogP) is 2.30. The number of halogens is 2. The van der Waals surface area contributed by atoms with E-state index in [9.17, 15) is 22.0 Å². The van der Waals surface area contributed by atoms with Crippen molar-refractivity contribution in [2.45, 2.75) is 11.5 Å². The second-order valence-electron chi connectivity index (χ2n) is 5.46. The average Bonchev–Trinajstić information content (AvgIpc) is 2.62. The molecule has 0 aliphatic rings. The van der Waals surface area contributed by atoms with Crippen LogP contribution in [0.25, 0.3) is 0 Å². The zero-order chi connectivity index (χ0) is 20.0. The molecule has 0 atom stereocenters. The van der Waals surface area contributed by atoms with Gasteiger partial charge in [0.1, 0.15) is 5.75 Å². The van der Waals surface area contributed by atoms with Crippen molar-refractivity contribution in [1.29, 1.82) is 0 Å². The van der Waals surface area contributed by atoms with Crippen LogP contribution >= 0.6 is 0 Å². The standard InChI is InChI=1S/C17H17F2N3O4S/c1-22(2)27(24,25)15-5-3-4-13(10-15)16(23)21-20-11-12-6-8-14(9-7-12)26-17(18)19/h3-11,17H,1-2H3,(H,21,23)/b20-11-. The molecule has 27 heavy (non-hydrogen) atoms. The highest BCUT2D eigenvalue weighted by Crippen LogP contribution is 2.15. The highest BCUT2D eigenvalue weighted by atomic mass is 32.2. The number of hydrogen-bond acceptors (Lipinski definition) is 5. The van der Waals surface area contributed by atoms with E-state index in [1.807, 2.05) is 0 Å². The Balaban J connectivity index is 2.04. The van der Waals surface area contributed by atoms with E-state index in [0.29, 0.717) is 5.56 Å². The molecule has 7 nitrogen and oxygen atoms in total. The topological polar surface area (TPSA) is 88.1 Å². The SMILES string of the molecule is CN(C)S(=O)(=O)c1cccc(C(=O)N/N=C\c2ccc(OC(F)F)cc2)c1. The van der Waals surface area contributed by atoms with Gasteiger partial charge >= 0.3 is 6.61 Å². The summed E-state index contributed by atoms with van der Waals surface area (Å²) < 4.78 is 53.7. The predicted molar refractivity (Wildman–Crippen MR) is 95.4 cm³/mol. The summed E-state index contributed by atoms with van der Waals surface area (Å²) in [5.41, 5.74) is 2.94. The van der Waals surface area contributed by atoms with E-state index < -0.39 is 22.5 Å². The first-order valence-corrected chi connectivity index (χ1v) is 9.05. The summed E-state index contributed by atoms with van der Waals surface area (Å²) in [5, 5.41) is 3.76. The molecule has 2 aromatic rings. The summed E-state index contributed by atoms with van der Waals surface area (Å²) in [4.78, 5) is 12.1. The molecule has 0 aliphatic carbocycles. The molecule has 1 N–H and O–H groups in total. The van der Waals surface area contributed by atoms with Gasteiger partial charge in [-0.15, -0.1) is 0 Å². The van der Waals surface area contributed by atoms with Crippen LogP contribution in [0.4, 0.5) is 8.78 Å². The number of benzene rings is 2. The van der Waals surface area contributed by atoms with E-state index in [2.05, 4.69) is 15.3 Å². The van der Waals surface area contributed by atoms with E-state index >= 15 is 0 Å². The first kappa shape index (κ1) is 20.5. The van der Waals surface area contributed by atoms with Crippen LogP contribution in [0.15, 0.2) is 58.5 Å². The van der Waals surface area contributed by atoms with Crippen molar-refractivity contribution in [2.24, 2.45) is 5.10 Å². The molecule has 2 aromatic carbocycles. The lowest BCUT2D eigenvalue weighted by Crippen LogP contribution is -2.23. The van der Waals surface area contributed by atoms with E-state index in [1.165, 1.54) is 68.8 Å². The van der Waals surface area contributed by atoms with Gasteiger partial charge in [-0.05, 0) is 48.0 Å². The number of carbonyl (C=O) groups excluding carboxylic acids is 1. The molecule has 0 fully saturated rings. The fraction of sp³-hybridized carbons (Fsp3) is 0.176. The first-order chi connectivity index (χ1) is 12.7. The summed E-state index contributed by atoms with van der Waals surface area (Å²) >= 11 is 0. The normalized spacial score (nSPS) is 11.9. The zero-order valence-corrected chi connectivity index (χ0v) is 15.3. The third kappa shape index (κ3) is 5.56. The maximum atomic E-state index is 12.1. The highest BCUT2D eigenvalue weighted by Gasteiger charge is 2.18. The van der Waals surface area contributed by atoms with Crippen LogP contribution < -0.4 is 10.2 Å². The third-order valence-corrected chi connectivity index (χ3v) is 5.17. The van der Waals surface area contributed by atoms with Crippen LogP contribution in [0.3, 0.4) is 0 Å². The summed E-state index contributed by atoms with van der Waals surface area (Å²) in [6, 6.07) is 11.2. The number of amides is 1. The zero-order valence-electron chi connectivity index (χ0n) is 14.5. The third-order valence-electron chi connectivity index (χ3n) is 3.36. The Labute approximate surface area is 155 Å². The Morgan fingerprint density at radius 3 is 2.44 bits per heavy atom. The van der Waals surface area contributed by atoms with Gasteiger partial charge in [-0.2, -0.15) is 13.9 Å². The first-order valence-electron chi connectivity index (χ1n) is 7.61. The molecule has 2 rings (SSSR count). The lowest BCUT2D eigenvalue weighted by atomic mass is 10.2. The van der Waals surface area contributed by atoms with Gasteiger partial charge in [0.25, 0.3) is 5.91 Å². The van der Waals surface area contributed by atoms with Gasteiger partial charge in [-0.1, -0.05) is 6.07 Å². The monoisotopic (exact) mass is 397 g/mol. The Morgan fingerprint density at radius 1 is 1.19 bits per heavy atom. The second kappa shape index (κ2) is 8.69. The van der Waals surface area contributed by atoms with Gasteiger partial charge in [0.2, 0.25) is 10.0 Å². The lowest BCUT2D eigenvalue weighted by molar-refractivity contribution is -0.0498. The van der Waals surface area contributed by atoms with Gasteiger partial charge in [-0.3, -0.25) is 4.79 Å². The minimum absolute atomic E-state index is 0.00472. The number of carbonyl (C=O) groups is 1. The molecule has 0 heterocycles. The van der Waals surface area contributed by atoms with Crippen molar-refractivity contribution >= 4 is 22.1 Å². The van der Waals surface area contributed by atoms with Crippen LogP contribution in [0.1, 0.15) is 15.9 Å². The number of nitrogens with zero attached hydrogens (tertiary/aromatic N) is 2. The van der Waals surface area contributed by atoms with Gasteiger partial charge in [0.05, 0.1) is 11.1 Å². The molecule has 0 aliphatic heterocycles. The molecular weight excluding hydrogens is 380 g/mol. The van der Waals surface area contributed by atoms with Crippen LogP contribution in [-0.4, -0.2) is 45.6 Å². The van der Waals surface area contributed by atoms with E-state index in [4.69, 9.17) is 0 Å². The Kier molecular flexibility index (Phi) is 6.59. The maximum absolute atomic E-state index is 12.1. The molecule has 0 saturated heterocycles. The van der Waals surface area contributed by atoms with Crippen molar-refractivity contribution in [3.8, 4) is 5.75 Å². The summed E-state index contributed by atoms with van der Waals surface area (Å²) in [6.07, 6.45) is 1.31. The molecule has 0 bridgehead atoms. The largest absolute Gasteiger partial charge is 0.435 e. The number of rotatable bonds is 7. The smallest absolute Gasteiger partial charge is 0.387 e. The Hall–Kier alpha value is -2.85. The number of ether oxygens (including phenoxy) is 1. The molecule has 0 radical (unpaired) electrons. The average molecular weight is 397 g/mol. The number of alkyl halides is 2. The fourth-order valence-electron chi connectivity index (χ4n) is 1.97. The molecule has 0 unspecified atom stereocenters. The summed E-state index contributed by atoms with van der Waals surface area (Å²) in [5.74, 6) is -0.593. The lowest BCUT2D eigenvalue weighted by Gasteiger charge is -2.11. The molecule has 0 aromatic heterocycles. The molecule has 0 saturated carbocycles. The molecule has 144 valence electrons. The fourth-order valence-corrected chi connectivity index (χ4v) is 2.92. The van der Waals surface area contributed by atoms with E-state index in [1.54, 1.807) is 0 Å². The summed E-state index contributed by atoms with van der Waals surface area (Å²) in [6.45, 7) is -2.91. The number of nitrogens with one attached hydrogen (secondary N) is 1. The molecule has 1 amide bonds. The Morgan fingerprint density at radius 2 is 1.85 bits per heavy atom. The van der Waals surface area contributed by atoms with E-state index in [0.717, 1.165) is 4.31 Å². The molecule has 0 spiro atoms. The summed E-state index contributed by atoms with van der Waals surface area (Å²) in [7, 11) is -0.874. The highest BCUT2D eigenvalue weighted by molar-refractivity contribution is 7.89. The van der Waals surface area contributed by atoms with Crippen LogP contribution in [0.5, 0.6) is 5.75 Å². The molecular formula is C17H17F2N3O4S. The van der Waals surface area contributed by atoms with Gasteiger partial charge in [-0.25, -0.2) is 18.1 Å². The minimum Gasteiger partial charge on any atom is -0.435 e. The van der Waals surface area contributed by atoms with Crippen molar-refractivity contribution in [3.63, 3.8) is 0 Å². The van der Waals surface area contributed by atoms with Crippen molar-refractivity contribution in [1.82, 2.24) is 9.73 Å². The second-order valence-corrected chi connectivity index (χ2v) is 7.61. The Bertz CT molecular complexity index is 929. The van der Waals surface area contributed by atoms with Crippen molar-refractivity contribution < 1.29 is 26.7 Å². The van der Waals surface area contributed by atoms with Crippen LogP contribution in [-0.2, 0) is 10.0 Å². The van der Waals surface area contributed by atoms with Crippen LogP contribution in [0.2, 0.25) is 0 Å². The minimum atomic E-state index is -3.66. The van der Waals surface area contributed by atoms with Crippen molar-refractivity contribution in [2.75, 3.05) is 14.1 Å². The van der Waals surface area contributed by atoms with Crippen molar-refractivity contribution in [3.05, 3.63) is 59.7 Å². The van der Waals surface area contributed by atoms with Gasteiger partial charge in [0.15, 0.2) is 0 Å². The molecule has 10 heteroatoms. The number of sulfonamides is 1. The number of hydrazone groups is 1. The van der Waals surface area contributed by atoms with Gasteiger partial charge < -0.3 is 4.74 Å². The quantitative estimate of drug-likeness (QED) is 0.574. The van der Waals surface area contributed by atoms with Crippen LogP contribution in [0, 0.1) is 0 Å². The number of hydrogen-bond donors (Lipinski definition) is 1. The maximum Gasteiger partial charge on any atom is 0.387 e.